The maximum absolute atomic E-state index is 9.20. The van der Waals surface area contributed by atoms with Crippen LogP contribution in [0.15, 0.2) is 18.2 Å². The van der Waals surface area contributed by atoms with E-state index < -0.39 is 6.29 Å². The molecule has 1 aromatic carbocycles. The number of benzene rings is 1. The maximum Gasteiger partial charge on any atom is 0.197 e. The number of aliphatic hydroxyl groups excluding tert-OH is 1. The predicted octanol–water partition coefficient (Wildman–Crippen LogP) is 1.64. The highest BCUT2D eigenvalue weighted by Gasteiger charge is 2.16. The van der Waals surface area contributed by atoms with Crippen molar-refractivity contribution in [1.82, 2.24) is 0 Å². The molecule has 0 amide bonds. The molecule has 1 N–H and O–H groups in total. The first kappa shape index (κ1) is 7.62. The minimum absolute atomic E-state index is 0.611. The van der Waals surface area contributed by atoms with Gasteiger partial charge in [-0.05, 0) is 25.0 Å². The molecular weight excluding hydrogens is 152 g/mol. The van der Waals surface area contributed by atoms with Gasteiger partial charge in [0.15, 0.2) is 6.29 Å². The van der Waals surface area contributed by atoms with Crippen LogP contribution in [0, 0.1) is 6.92 Å². The van der Waals surface area contributed by atoms with E-state index in [1.54, 1.807) is 0 Å². The van der Waals surface area contributed by atoms with Crippen molar-refractivity contribution in [2.75, 3.05) is 0 Å². The quantitative estimate of drug-likeness (QED) is 0.631. The van der Waals surface area contributed by atoms with Gasteiger partial charge in [-0.3, -0.25) is 0 Å². The van der Waals surface area contributed by atoms with E-state index in [0.29, 0.717) is 6.42 Å². The third-order valence-corrected chi connectivity index (χ3v) is 2.14. The summed E-state index contributed by atoms with van der Waals surface area (Å²) in [5.74, 6) is 0.833. The lowest BCUT2D eigenvalue weighted by atomic mass is 10.0. The number of hydrogen-bond acceptors (Lipinski definition) is 2. The molecule has 0 spiro atoms. The summed E-state index contributed by atoms with van der Waals surface area (Å²) in [5, 5.41) is 9.20. The van der Waals surface area contributed by atoms with Gasteiger partial charge in [-0.1, -0.05) is 17.7 Å². The fraction of sp³-hybridized carbons (Fsp3) is 0.400. The second-order valence-corrected chi connectivity index (χ2v) is 3.22. The van der Waals surface area contributed by atoms with Crippen LogP contribution in [0.5, 0.6) is 5.75 Å². The summed E-state index contributed by atoms with van der Waals surface area (Å²) in [6, 6.07) is 6.03. The van der Waals surface area contributed by atoms with Crippen LogP contribution in [0.2, 0.25) is 0 Å². The second-order valence-electron chi connectivity index (χ2n) is 3.22. The SMILES string of the molecule is Cc1ccc2c(c1)CC[C@@H](O)O2. The van der Waals surface area contributed by atoms with E-state index in [1.165, 1.54) is 11.1 Å². The zero-order valence-electron chi connectivity index (χ0n) is 7.08. The monoisotopic (exact) mass is 164 g/mol. The molecule has 0 bridgehead atoms. The van der Waals surface area contributed by atoms with Crippen molar-refractivity contribution >= 4 is 0 Å². The Morgan fingerprint density at radius 2 is 2.33 bits per heavy atom. The largest absolute Gasteiger partial charge is 0.465 e. The molecule has 0 aromatic heterocycles. The third-order valence-electron chi connectivity index (χ3n) is 2.14. The van der Waals surface area contributed by atoms with Crippen molar-refractivity contribution in [1.29, 1.82) is 0 Å². The number of aryl methyl sites for hydroxylation is 2. The molecule has 0 saturated carbocycles. The Hall–Kier alpha value is -1.02. The molecule has 2 heteroatoms. The molecule has 2 nitrogen and oxygen atoms in total. The van der Waals surface area contributed by atoms with E-state index in [4.69, 9.17) is 4.74 Å². The number of rotatable bonds is 0. The zero-order valence-corrected chi connectivity index (χ0v) is 7.08. The number of ether oxygens (including phenoxy) is 1. The van der Waals surface area contributed by atoms with Crippen LogP contribution in [0.4, 0.5) is 0 Å². The molecule has 0 fully saturated rings. The van der Waals surface area contributed by atoms with Gasteiger partial charge in [0.25, 0.3) is 0 Å². The maximum atomic E-state index is 9.20. The van der Waals surface area contributed by atoms with Gasteiger partial charge >= 0.3 is 0 Å². The molecule has 0 aliphatic carbocycles. The van der Waals surface area contributed by atoms with Crippen molar-refractivity contribution < 1.29 is 9.84 Å². The molecule has 0 unspecified atom stereocenters. The van der Waals surface area contributed by atoms with Gasteiger partial charge < -0.3 is 9.84 Å². The van der Waals surface area contributed by atoms with Crippen molar-refractivity contribution in [2.45, 2.75) is 26.1 Å². The molecule has 64 valence electrons. The van der Waals surface area contributed by atoms with Gasteiger partial charge in [0, 0.05) is 6.42 Å². The number of hydrogen-bond donors (Lipinski definition) is 1. The minimum atomic E-state index is -0.611. The summed E-state index contributed by atoms with van der Waals surface area (Å²) < 4.78 is 5.24. The topological polar surface area (TPSA) is 29.5 Å². The smallest absolute Gasteiger partial charge is 0.197 e. The lowest BCUT2D eigenvalue weighted by Crippen LogP contribution is -2.21. The number of aliphatic hydroxyl groups is 1. The van der Waals surface area contributed by atoms with Gasteiger partial charge in [0.1, 0.15) is 5.75 Å². The molecule has 1 atom stereocenters. The molecule has 12 heavy (non-hydrogen) atoms. The van der Waals surface area contributed by atoms with Crippen LogP contribution < -0.4 is 4.74 Å². The van der Waals surface area contributed by atoms with Gasteiger partial charge in [0.05, 0.1) is 0 Å². The van der Waals surface area contributed by atoms with E-state index >= 15 is 0 Å². The number of fused-ring (bicyclic) bond motifs is 1. The van der Waals surface area contributed by atoms with Gasteiger partial charge in [-0.2, -0.15) is 0 Å². The van der Waals surface area contributed by atoms with E-state index in [0.717, 1.165) is 12.2 Å². The van der Waals surface area contributed by atoms with Crippen LogP contribution in [0.1, 0.15) is 17.5 Å². The van der Waals surface area contributed by atoms with Gasteiger partial charge in [-0.25, -0.2) is 0 Å². The highest BCUT2D eigenvalue weighted by atomic mass is 16.6. The average Bonchev–Trinajstić information content (AvgIpc) is 2.05. The molecule has 1 aromatic rings. The van der Waals surface area contributed by atoms with Gasteiger partial charge in [0.2, 0.25) is 0 Å². The zero-order chi connectivity index (χ0) is 8.55. The fourth-order valence-corrected chi connectivity index (χ4v) is 1.50. The van der Waals surface area contributed by atoms with Gasteiger partial charge in [-0.15, -0.1) is 0 Å². The first-order valence-corrected chi connectivity index (χ1v) is 4.20. The minimum Gasteiger partial charge on any atom is -0.465 e. The Morgan fingerprint density at radius 1 is 1.50 bits per heavy atom. The summed E-state index contributed by atoms with van der Waals surface area (Å²) in [6.45, 7) is 2.06. The normalized spacial score (nSPS) is 21.3. The second kappa shape index (κ2) is 2.79. The Kier molecular flexibility index (Phi) is 1.77. The van der Waals surface area contributed by atoms with E-state index in [1.807, 2.05) is 12.1 Å². The lowest BCUT2D eigenvalue weighted by Gasteiger charge is -2.22. The van der Waals surface area contributed by atoms with Crippen molar-refractivity contribution in [3.8, 4) is 5.75 Å². The first-order chi connectivity index (χ1) is 5.75. The molecular formula is C10H12O2. The van der Waals surface area contributed by atoms with Crippen molar-refractivity contribution in [2.24, 2.45) is 0 Å². The van der Waals surface area contributed by atoms with Crippen LogP contribution in [-0.2, 0) is 6.42 Å². The van der Waals surface area contributed by atoms with Crippen molar-refractivity contribution in [3.05, 3.63) is 29.3 Å². The molecule has 0 radical (unpaired) electrons. The van der Waals surface area contributed by atoms with Crippen LogP contribution in [0.25, 0.3) is 0 Å². The lowest BCUT2D eigenvalue weighted by molar-refractivity contribution is -0.0316. The average molecular weight is 164 g/mol. The molecule has 1 aliphatic rings. The highest BCUT2D eigenvalue weighted by molar-refractivity contribution is 5.38. The predicted molar refractivity (Wildman–Crippen MR) is 46.1 cm³/mol. The van der Waals surface area contributed by atoms with E-state index in [9.17, 15) is 5.11 Å². The Labute approximate surface area is 71.8 Å². The molecule has 2 rings (SSSR count). The standard InChI is InChI=1S/C10H12O2/c1-7-2-4-9-8(6-7)3-5-10(11)12-9/h2,4,6,10-11H,3,5H2,1H3/t10-/m0/s1. The van der Waals surface area contributed by atoms with Crippen LogP contribution in [0.3, 0.4) is 0 Å². The fourth-order valence-electron chi connectivity index (χ4n) is 1.50. The summed E-state index contributed by atoms with van der Waals surface area (Å²) in [5.41, 5.74) is 2.45. The Bertz CT molecular complexity index is 294. The summed E-state index contributed by atoms with van der Waals surface area (Å²) in [6.07, 6.45) is 1.01. The Morgan fingerprint density at radius 3 is 3.17 bits per heavy atom. The van der Waals surface area contributed by atoms with Crippen LogP contribution in [-0.4, -0.2) is 11.4 Å². The molecule has 1 heterocycles. The van der Waals surface area contributed by atoms with Crippen LogP contribution >= 0.6 is 0 Å². The van der Waals surface area contributed by atoms with E-state index in [-0.39, 0.29) is 0 Å². The summed E-state index contributed by atoms with van der Waals surface area (Å²) in [7, 11) is 0. The molecule has 0 saturated heterocycles. The Balaban J connectivity index is 2.37. The summed E-state index contributed by atoms with van der Waals surface area (Å²) in [4.78, 5) is 0. The first-order valence-electron chi connectivity index (χ1n) is 4.20. The van der Waals surface area contributed by atoms with Crippen molar-refractivity contribution in [3.63, 3.8) is 0 Å². The molecule has 1 aliphatic heterocycles. The highest BCUT2D eigenvalue weighted by Crippen LogP contribution is 2.27. The third kappa shape index (κ3) is 1.30. The van der Waals surface area contributed by atoms with E-state index in [2.05, 4.69) is 13.0 Å². The summed E-state index contributed by atoms with van der Waals surface area (Å²) >= 11 is 0.